The van der Waals surface area contributed by atoms with Crippen molar-refractivity contribution in [3.63, 3.8) is 0 Å². The number of benzene rings is 1. The lowest BCUT2D eigenvalue weighted by Gasteiger charge is -2.33. The third kappa shape index (κ3) is 5.20. The monoisotopic (exact) mass is 364 g/mol. The van der Waals surface area contributed by atoms with Gasteiger partial charge in [-0.15, -0.1) is 0 Å². The summed E-state index contributed by atoms with van der Waals surface area (Å²) in [6.07, 6.45) is -2.67. The number of alkyl halides is 3. The highest BCUT2D eigenvalue weighted by molar-refractivity contribution is 7.90. The number of halogens is 3. The van der Waals surface area contributed by atoms with Crippen LogP contribution in [0.3, 0.4) is 0 Å². The lowest BCUT2D eigenvalue weighted by molar-refractivity contribution is -0.186. The number of rotatable bonds is 4. The lowest BCUT2D eigenvalue weighted by Crippen LogP contribution is -2.44. The third-order valence-corrected chi connectivity index (χ3v) is 5.03. The molecule has 1 aromatic carbocycles. The highest BCUT2D eigenvalue weighted by Gasteiger charge is 2.41. The Morgan fingerprint density at radius 2 is 1.92 bits per heavy atom. The van der Waals surface area contributed by atoms with Gasteiger partial charge < -0.3 is 5.32 Å². The fourth-order valence-electron chi connectivity index (χ4n) is 2.66. The van der Waals surface area contributed by atoms with Gasteiger partial charge in [0.25, 0.3) is 0 Å². The number of carbonyl (C=O) groups excluding carboxylic acids is 1. The summed E-state index contributed by atoms with van der Waals surface area (Å²) in [5.41, 5.74) is 0.400. The molecule has 0 aromatic heterocycles. The van der Waals surface area contributed by atoms with Crippen molar-refractivity contribution in [3.05, 3.63) is 24.3 Å². The number of amides is 1. The molecule has 24 heavy (non-hydrogen) atoms. The summed E-state index contributed by atoms with van der Waals surface area (Å²) in [5.74, 6) is -1.82. The first kappa shape index (κ1) is 18.7. The Kier molecular flexibility index (Phi) is 5.54. The molecule has 0 aliphatic carbocycles. The zero-order valence-electron chi connectivity index (χ0n) is 13.1. The Labute approximate surface area is 138 Å². The number of nitrogens with zero attached hydrogens (tertiary/aromatic N) is 1. The Morgan fingerprint density at radius 3 is 2.46 bits per heavy atom. The van der Waals surface area contributed by atoms with Crippen molar-refractivity contribution in [1.29, 1.82) is 0 Å². The zero-order valence-corrected chi connectivity index (χ0v) is 14.0. The molecule has 5 nitrogen and oxygen atoms in total. The first-order valence-electron chi connectivity index (χ1n) is 7.45. The fraction of sp³-hybridized carbons (Fsp3) is 0.533. The van der Waals surface area contributed by atoms with Crippen LogP contribution < -0.4 is 5.32 Å². The number of hydrogen-bond acceptors (Lipinski definition) is 4. The Morgan fingerprint density at radius 1 is 1.29 bits per heavy atom. The van der Waals surface area contributed by atoms with E-state index in [0.717, 1.165) is 6.26 Å². The average molecular weight is 364 g/mol. The van der Waals surface area contributed by atoms with Crippen LogP contribution in [0.4, 0.5) is 18.9 Å². The molecule has 1 aromatic rings. The smallest absolute Gasteiger partial charge is 0.325 e. The molecule has 1 saturated heterocycles. The molecular weight excluding hydrogens is 345 g/mol. The standard InChI is InChI=1S/C15H19F3N2O3S/c1-24(22,23)13-6-4-12(5-7-13)19-14(21)10-20-8-2-3-11(9-20)15(16,17)18/h4-7,11H,2-3,8-10H2,1H3,(H,19,21)/t11-/m0/s1. The van der Waals surface area contributed by atoms with Gasteiger partial charge in [0.05, 0.1) is 17.4 Å². The summed E-state index contributed by atoms with van der Waals surface area (Å²) < 4.78 is 61.0. The topological polar surface area (TPSA) is 66.5 Å². The molecule has 0 bridgehead atoms. The molecule has 134 valence electrons. The molecule has 1 fully saturated rings. The van der Waals surface area contributed by atoms with Crippen LogP contribution in [0.2, 0.25) is 0 Å². The van der Waals surface area contributed by atoms with E-state index in [1.807, 2.05) is 0 Å². The molecule has 0 radical (unpaired) electrons. The van der Waals surface area contributed by atoms with E-state index >= 15 is 0 Å². The van der Waals surface area contributed by atoms with Crippen LogP contribution >= 0.6 is 0 Å². The van der Waals surface area contributed by atoms with Crippen LogP contribution in [0.5, 0.6) is 0 Å². The summed E-state index contributed by atoms with van der Waals surface area (Å²) >= 11 is 0. The van der Waals surface area contributed by atoms with Crippen LogP contribution in [0, 0.1) is 5.92 Å². The molecule has 1 amide bonds. The second-order valence-corrected chi connectivity index (χ2v) is 7.98. The molecule has 1 heterocycles. The lowest BCUT2D eigenvalue weighted by atomic mass is 9.97. The van der Waals surface area contributed by atoms with Gasteiger partial charge in [0.2, 0.25) is 5.91 Å². The van der Waals surface area contributed by atoms with E-state index in [1.54, 1.807) is 0 Å². The van der Waals surface area contributed by atoms with Crippen molar-refractivity contribution >= 4 is 21.4 Å². The first-order chi connectivity index (χ1) is 11.1. The second-order valence-electron chi connectivity index (χ2n) is 5.96. The van der Waals surface area contributed by atoms with Gasteiger partial charge in [0, 0.05) is 18.5 Å². The second kappa shape index (κ2) is 7.10. The van der Waals surface area contributed by atoms with Crippen LogP contribution in [-0.2, 0) is 14.6 Å². The highest BCUT2D eigenvalue weighted by Crippen LogP contribution is 2.32. The van der Waals surface area contributed by atoms with Crippen LogP contribution in [0.15, 0.2) is 29.2 Å². The van der Waals surface area contributed by atoms with Crippen molar-refractivity contribution in [2.45, 2.75) is 23.9 Å². The summed E-state index contributed by atoms with van der Waals surface area (Å²) in [6, 6.07) is 5.63. The van der Waals surface area contributed by atoms with Crippen molar-refractivity contribution in [2.24, 2.45) is 5.92 Å². The maximum atomic E-state index is 12.8. The predicted molar refractivity (Wildman–Crippen MR) is 83.4 cm³/mol. The van der Waals surface area contributed by atoms with Gasteiger partial charge in [0.15, 0.2) is 9.84 Å². The van der Waals surface area contributed by atoms with Crippen LogP contribution in [-0.4, -0.2) is 51.3 Å². The van der Waals surface area contributed by atoms with E-state index in [1.165, 1.54) is 29.2 Å². The molecule has 1 aliphatic heterocycles. The van der Waals surface area contributed by atoms with Crippen LogP contribution in [0.25, 0.3) is 0 Å². The summed E-state index contributed by atoms with van der Waals surface area (Å²) in [4.78, 5) is 13.6. The summed E-state index contributed by atoms with van der Waals surface area (Å²) in [7, 11) is -3.32. The van der Waals surface area contributed by atoms with E-state index in [0.29, 0.717) is 18.7 Å². The first-order valence-corrected chi connectivity index (χ1v) is 9.34. The van der Waals surface area contributed by atoms with Gasteiger partial charge in [-0.05, 0) is 43.7 Å². The molecule has 0 saturated carbocycles. The van der Waals surface area contributed by atoms with Gasteiger partial charge in [0.1, 0.15) is 0 Å². The van der Waals surface area contributed by atoms with Gasteiger partial charge in [-0.25, -0.2) is 8.42 Å². The SMILES string of the molecule is CS(=O)(=O)c1ccc(NC(=O)CN2CCC[C@H](C(F)(F)F)C2)cc1. The molecular formula is C15H19F3N2O3S. The average Bonchev–Trinajstić information content (AvgIpc) is 2.46. The number of piperidine rings is 1. The summed E-state index contributed by atoms with van der Waals surface area (Å²) in [5, 5.41) is 2.56. The van der Waals surface area contributed by atoms with Crippen molar-refractivity contribution in [2.75, 3.05) is 31.2 Å². The zero-order chi connectivity index (χ0) is 18.0. The minimum Gasteiger partial charge on any atom is -0.325 e. The molecule has 1 N–H and O–H groups in total. The molecule has 1 aliphatic rings. The molecule has 0 spiro atoms. The quantitative estimate of drug-likeness (QED) is 0.890. The van der Waals surface area contributed by atoms with Gasteiger partial charge in [-0.3, -0.25) is 9.69 Å². The predicted octanol–water partition coefficient (Wildman–Crippen LogP) is 2.30. The van der Waals surface area contributed by atoms with Crippen molar-refractivity contribution < 1.29 is 26.4 Å². The number of hydrogen-bond donors (Lipinski definition) is 1. The molecule has 0 unspecified atom stereocenters. The number of nitrogens with one attached hydrogen (secondary N) is 1. The molecule has 9 heteroatoms. The van der Waals surface area contributed by atoms with Crippen molar-refractivity contribution in [3.8, 4) is 0 Å². The maximum Gasteiger partial charge on any atom is 0.393 e. The summed E-state index contributed by atoms with van der Waals surface area (Å²) in [6.45, 7) is 0.150. The van der Waals surface area contributed by atoms with E-state index in [2.05, 4.69) is 5.32 Å². The molecule has 1 atom stereocenters. The van der Waals surface area contributed by atoms with E-state index in [-0.39, 0.29) is 24.4 Å². The Hall–Kier alpha value is -1.61. The fourth-order valence-corrected chi connectivity index (χ4v) is 3.29. The molecule has 2 rings (SSSR count). The van der Waals surface area contributed by atoms with E-state index in [4.69, 9.17) is 0 Å². The van der Waals surface area contributed by atoms with E-state index < -0.39 is 27.8 Å². The normalized spacial score (nSPS) is 19.9. The Bertz CT molecular complexity index is 687. The number of likely N-dealkylation sites (tertiary alicyclic amines) is 1. The number of carbonyl (C=O) groups is 1. The van der Waals surface area contributed by atoms with Gasteiger partial charge in [-0.1, -0.05) is 0 Å². The third-order valence-electron chi connectivity index (χ3n) is 3.90. The minimum atomic E-state index is -4.24. The Balaban J connectivity index is 1.91. The highest BCUT2D eigenvalue weighted by atomic mass is 32.2. The maximum absolute atomic E-state index is 12.8. The largest absolute Gasteiger partial charge is 0.393 e. The number of anilines is 1. The van der Waals surface area contributed by atoms with Crippen molar-refractivity contribution in [1.82, 2.24) is 4.90 Å². The van der Waals surface area contributed by atoms with Gasteiger partial charge in [-0.2, -0.15) is 13.2 Å². The van der Waals surface area contributed by atoms with E-state index in [9.17, 15) is 26.4 Å². The van der Waals surface area contributed by atoms with Gasteiger partial charge >= 0.3 is 6.18 Å². The minimum absolute atomic E-state index is 0.0918. The number of sulfone groups is 1. The van der Waals surface area contributed by atoms with Crippen LogP contribution in [0.1, 0.15) is 12.8 Å².